The van der Waals surface area contributed by atoms with Crippen molar-refractivity contribution >= 4 is 11.6 Å². The molecule has 3 nitrogen and oxygen atoms in total. The first-order chi connectivity index (χ1) is 7.61. The number of nitrogens with zero attached hydrogens (tertiary/aromatic N) is 1. The van der Waals surface area contributed by atoms with Gasteiger partial charge in [-0.05, 0) is 18.6 Å². The molecule has 1 aromatic rings. The number of ether oxygens (including phenoxy) is 1. The van der Waals surface area contributed by atoms with Crippen LogP contribution < -0.4 is 9.64 Å². The summed E-state index contributed by atoms with van der Waals surface area (Å²) in [7, 11) is 3.38. The lowest BCUT2D eigenvalue weighted by atomic mass is 10.1. The minimum Gasteiger partial charge on any atom is -0.496 e. The molecule has 86 valence electrons. The number of carbonyl (C=O) groups is 1. The maximum atomic E-state index is 11.4. The summed E-state index contributed by atoms with van der Waals surface area (Å²) in [5, 5.41) is 0. The molecular formula is C13H17NO2. The molecule has 0 aromatic heterocycles. The molecule has 0 atom stereocenters. The fraction of sp³-hybridized carbons (Fsp3) is 0.308. The normalized spacial score (nSPS) is 9.69. The van der Waals surface area contributed by atoms with Gasteiger partial charge in [0.15, 0.2) is 0 Å². The summed E-state index contributed by atoms with van der Waals surface area (Å²) in [5.74, 6) is 0.782. The molecule has 1 rings (SSSR count). The van der Waals surface area contributed by atoms with Gasteiger partial charge in [0.05, 0.1) is 12.8 Å². The summed E-state index contributed by atoms with van der Waals surface area (Å²) in [6, 6.07) is 5.67. The summed E-state index contributed by atoms with van der Waals surface area (Å²) in [6.07, 6.45) is 2.48. The van der Waals surface area contributed by atoms with Crippen molar-refractivity contribution in [3.05, 3.63) is 36.4 Å². The Kier molecular flexibility index (Phi) is 4.11. The highest BCUT2D eigenvalue weighted by Crippen LogP contribution is 2.29. The third kappa shape index (κ3) is 2.42. The molecule has 0 aliphatic carbocycles. The van der Waals surface area contributed by atoms with E-state index in [0.717, 1.165) is 17.0 Å². The quantitative estimate of drug-likeness (QED) is 0.728. The molecule has 0 saturated heterocycles. The molecule has 0 fully saturated rings. The number of carbonyl (C=O) groups excluding carboxylic acids is 1. The van der Waals surface area contributed by atoms with Gasteiger partial charge in [0, 0.05) is 19.5 Å². The van der Waals surface area contributed by atoms with Crippen LogP contribution in [0, 0.1) is 0 Å². The van der Waals surface area contributed by atoms with Crippen LogP contribution in [0.2, 0.25) is 0 Å². The van der Waals surface area contributed by atoms with E-state index in [1.54, 1.807) is 25.1 Å². The van der Waals surface area contributed by atoms with Gasteiger partial charge < -0.3 is 9.64 Å². The van der Waals surface area contributed by atoms with Gasteiger partial charge in [0.1, 0.15) is 5.75 Å². The van der Waals surface area contributed by atoms with E-state index in [0.29, 0.717) is 6.42 Å². The predicted molar refractivity (Wildman–Crippen MR) is 66.0 cm³/mol. The highest BCUT2D eigenvalue weighted by molar-refractivity contribution is 5.92. The monoisotopic (exact) mass is 219 g/mol. The lowest BCUT2D eigenvalue weighted by molar-refractivity contribution is -0.116. The molecule has 0 heterocycles. The minimum absolute atomic E-state index is 0.00133. The highest BCUT2D eigenvalue weighted by Gasteiger charge is 2.13. The Hall–Kier alpha value is -1.77. The first-order valence-electron chi connectivity index (χ1n) is 5.12. The number of rotatable bonds is 4. The van der Waals surface area contributed by atoms with Crippen LogP contribution in [0.1, 0.15) is 12.5 Å². The maximum Gasteiger partial charge on any atom is 0.223 e. The van der Waals surface area contributed by atoms with Crippen LogP contribution in [-0.4, -0.2) is 20.1 Å². The zero-order valence-electron chi connectivity index (χ0n) is 9.99. The zero-order valence-corrected chi connectivity index (χ0v) is 9.99. The van der Waals surface area contributed by atoms with Crippen LogP contribution in [0.15, 0.2) is 30.9 Å². The predicted octanol–water partition coefficient (Wildman–Crippen LogP) is 2.41. The second kappa shape index (κ2) is 5.35. The number of amides is 1. The first-order valence-corrected chi connectivity index (χ1v) is 5.12. The topological polar surface area (TPSA) is 29.5 Å². The van der Waals surface area contributed by atoms with E-state index >= 15 is 0 Å². The number of benzene rings is 1. The molecule has 0 aliphatic rings. The van der Waals surface area contributed by atoms with E-state index in [1.807, 2.05) is 18.2 Å². The van der Waals surface area contributed by atoms with Gasteiger partial charge in [0.25, 0.3) is 0 Å². The molecule has 0 saturated carbocycles. The van der Waals surface area contributed by atoms with Crippen molar-refractivity contribution in [2.45, 2.75) is 13.3 Å². The second-order valence-corrected chi connectivity index (χ2v) is 3.53. The molecule has 0 spiro atoms. The molecule has 16 heavy (non-hydrogen) atoms. The molecule has 0 unspecified atom stereocenters. The molecule has 1 aromatic carbocycles. The molecule has 0 bridgehead atoms. The Morgan fingerprint density at radius 3 is 2.75 bits per heavy atom. The molecule has 3 heteroatoms. The van der Waals surface area contributed by atoms with Crippen molar-refractivity contribution in [3.63, 3.8) is 0 Å². The number of hydrogen-bond acceptors (Lipinski definition) is 2. The van der Waals surface area contributed by atoms with Crippen molar-refractivity contribution in [1.29, 1.82) is 0 Å². The lowest BCUT2D eigenvalue weighted by Gasteiger charge is -2.20. The van der Waals surface area contributed by atoms with Crippen LogP contribution in [0.5, 0.6) is 5.75 Å². The zero-order chi connectivity index (χ0) is 12.1. The largest absolute Gasteiger partial charge is 0.496 e. The summed E-state index contributed by atoms with van der Waals surface area (Å²) in [4.78, 5) is 13.0. The fourth-order valence-electron chi connectivity index (χ4n) is 1.58. The average Bonchev–Trinajstić information content (AvgIpc) is 2.28. The Labute approximate surface area is 96.3 Å². The number of methoxy groups -OCH3 is 1. The van der Waals surface area contributed by atoms with Gasteiger partial charge >= 0.3 is 0 Å². The Balaban J connectivity index is 3.25. The van der Waals surface area contributed by atoms with Gasteiger partial charge in [-0.1, -0.05) is 12.1 Å². The number of anilines is 1. The van der Waals surface area contributed by atoms with Crippen LogP contribution in [-0.2, 0) is 11.2 Å². The first kappa shape index (κ1) is 12.3. The van der Waals surface area contributed by atoms with Gasteiger partial charge in [-0.3, -0.25) is 4.79 Å². The van der Waals surface area contributed by atoms with E-state index in [4.69, 9.17) is 4.74 Å². The SMILES string of the molecule is C=CCc1c(OC)cccc1N(C)C(C)=O. The molecular weight excluding hydrogens is 202 g/mol. The van der Waals surface area contributed by atoms with Crippen molar-refractivity contribution in [1.82, 2.24) is 0 Å². The van der Waals surface area contributed by atoms with E-state index in [9.17, 15) is 4.79 Å². The standard InChI is InChI=1S/C13H17NO2/c1-5-7-11-12(14(3)10(2)15)8-6-9-13(11)16-4/h5-6,8-9H,1,7H2,2-4H3. The van der Waals surface area contributed by atoms with Gasteiger partial charge in [-0.25, -0.2) is 0 Å². The lowest BCUT2D eigenvalue weighted by Crippen LogP contribution is -2.24. The van der Waals surface area contributed by atoms with E-state index in [1.165, 1.54) is 6.92 Å². The van der Waals surface area contributed by atoms with Crippen LogP contribution in [0.4, 0.5) is 5.69 Å². The summed E-state index contributed by atoms with van der Waals surface area (Å²) in [6.45, 7) is 5.26. The van der Waals surface area contributed by atoms with Crippen molar-refractivity contribution in [2.75, 3.05) is 19.1 Å². The summed E-state index contributed by atoms with van der Waals surface area (Å²) >= 11 is 0. The smallest absolute Gasteiger partial charge is 0.223 e. The molecule has 1 amide bonds. The minimum atomic E-state index is -0.00133. The Morgan fingerprint density at radius 1 is 1.56 bits per heavy atom. The van der Waals surface area contributed by atoms with Gasteiger partial charge in [-0.2, -0.15) is 0 Å². The number of hydrogen-bond donors (Lipinski definition) is 0. The average molecular weight is 219 g/mol. The Bertz CT molecular complexity index is 399. The highest BCUT2D eigenvalue weighted by atomic mass is 16.5. The second-order valence-electron chi connectivity index (χ2n) is 3.53. The van der Waals surface area contributed by atoms with Crippen molar-refractivity contribution in [3.8, 4) is 5.75 Å². The van der Waals surface area contributed by atoms with Crippen molar-refractivity contribution in [2.24, 2.45) is 0 Å². The van der Waals surface area contributed by atoms with Crippen LogP contribution in [0.25, 0.3) is 0 Å². The van der Waals surface area contributed by atoms with E-state index in [2.05, 4.69) is 6.58 Å². The fourth-order valence-corrected chi connectivity index (χ4v) is 1.58. The summed E-state index contributed by atoms with van der Waals surface area (Å²) < 4.78 is 5.28. The van der Waals surface area contributed by atoms with Crippen LogP contribution >= 0.6 is 0 Å². The molecule has 0 aliphatic heterocycles. The third-order valence-corrected chi connectivity index (χ3v) is 2.51. The van der Waals surface area contributed by atoms with Crippen molar-refractivity contribution < 1.29 is 9.53 Å². The van der Waals surface area contributed by atoms with Crippen LogP contribution in [0.3, 0.4) is 0 Å². The third-order valence-electron chi connectivity index (χ3n) is 2.51. The van der Waals surface area contributed by atoms with E-state index < -0.39 is 0 Å². The van der Waals surface area contributed by atoms with Gasteiger partial charge in [0.2, 0.25) is 5.91 Å². The van der Waals surface area contributed by atoms with E-state index in [-0.39, 0.29) is 5.91 Å². The Morgan fingerprint density at radius 2 is 2.25 bits per heavy atom. The maximum absolute atomic E-state index is 11.4. The summed E-state index contributed by atoms with van der Waals surface area (Å²) in [5.41, 5.74) is 1.85. The molecule has 0 N–H and O–H groups in total. The number of allylic oxidation sites excluding steroid dienone is 1. The van der Waals surface area contributed by atoms with Gasteiger partial charge in [-0.15, -0.1) is 6.58 Å². The molecule has 0 radical (unpaired) electrons.